The van der Waals surface area contributed by atoms with Crippen molar-refractivity contribution in [2.45, 2.75) is 91.4 Å². The average Bonchev–Trinajstić information content (AvgIpc) is 3.86. The molecule has 3 rings (SSSR count). The second kappa shape index (κ2) is 17.0. The molecular formula is C38H50F3NO4. The van der Waals surface area contributed by atoms with Gasteiger partial charge in [0.05, 0.1) is 0 Å². The number of carbonyl (C=O) groups is 2. The fourth-order valence-corrected chi connectivity index (χ4v) is 6.57. The molecule has 1 aliphatic heterocycles. The van der Waals surface area contributed by atoms with Crippen molar-refractivity contribution in [3.05, 3.63) is 88.3 Å². The lowest BCUT2D eigenvalue weighted by atomic mass is 9.69. The van der Waals surface area contributed by atoms with Gasteiger partial charge in [-0.3, -0.25) is 9.59 Å². The first-order valence-corrected chi connectivity index (χ1v) is 16.4. The number of hydrogen-bond donors (Lipinski definition) is 2. The number of carboxylic acids is 1. The fourth-order valence-electron chi connectivity index (χ4n) is 6.57. The molecule has 2 fully saturated rings. The van der Waals surface area contributed by atoms with Crippen LogP contribution in [0, 0.1) is 17.3 Å². The molecule has 46 heavy (non-hydrogen) atoms. The number of halogens is 3. The quantitative estimate of drug-likeness (QED) is 0.131. The lowest BCUT2D eigenvalue weighted by Gasteiger charge is -2.39. The lowest BCUT2D eigenvalue weighted by Crippen LogP contribution is -2.39. The molecular weight excluding hydrogens is 591 g/mol. The summed E-state index contributed by atoms with van der Waals surface area (Å²) in [6.07, 6.45) is 11.9. The van der Waals surface area contributed by atoms with Gasteiger partial charge in [0.15, 0.2) is 0 Å². The molecule has 1 amide bonds. The van der Waals surface area contributed by atoms with Gasteiger partial charge in [-0.25, -0.2) is 4.39 Å². The molecule has 1 aliphatic carbocycles. The number of alkyl halides is 2. The van der Waals surface area contributed by atoms with Crippen molar-refractivity contribution in [2.24, 2.45) is 17.3 Å². The molecule has 8 heteroatoms. The first-order valence-electron chi connectivity index (χ1n) is 16.4. The van der Waals surface area contributed by atoms with Crippen LogP contribution in [0.25, 0.3) is 6.08 Å². The summed E-state index contributed by atoms with van der Waals surface area (Å²) in [5.41, 5.74) is 3.64. The van der Waals surface area contributed by atoms with E-state index in [4.69, 9.17) is 9.84 Å². The lowest BCUT2D eigenvalue weighted by molar-refractivity contribution is -0.138. The Balaban J connectivity index is 1.83. The highest BCUT2D eigenvalue weighted by molar-refractivity contribution is 5.81. The normalized spacial score (nSPS) is 18.9. The van der Waals surface area contributed by atoms with E-state index < -0.39 is 23.9 Å². The number of carbonyl (C=O) groups excluding carboxylic acids is 1. The predicted molar refractivity (Wildman–Crippen MR) is 178 cm³/mol. The van der Waals surface area contributed by atoms with Crippen LogP contribution < -0.4 is 5.32 Å². The van der Waals surface area contributed by atoms with E-state index in [-0.39, 0.29) is 29.6 Å². The van der Waals surface area contributed by atoms with Crippen LogP contribution in [0.2, 0.25) is 0 Å². The van der Waals surface area contributed by atoms with E-state index in [0.29, 0.717) is 63.2 Å². The van der Waals surface area contributed by atoms with Crippen molar-refractivity contribution >= 4 is 18.0 Å². The Bertz CT molecular complexity index is 1350. The van der Waals surface area contributed by atoms with E-state index in [1.807, 2.05) is 20.8 Å². The van der Waals surface area contributed by atoms with E-state index in [2.05, 4.69) is 18.0 Å². The van der Waals surface area contributed by atoms with Crippen LogP contribution >= 0.6 is 0 Å². The summed E-state index contributed by atoms with van der Waals surface area (Å²) in [4.78, 5) is 23.7. The predicted octanol–water partition coefficient (Wildman–Crippen LogP) is 9.48. The summed E-state index contributed by atoms with van der Waals surface area (Å²) in [7, 11) is 0. The highest BCUT2D eigenvalue weighted by Gasteiger charge is 2.38. The van der Waals surface area contributed by atoms with E-state index in [0.717, 1.165) is 35.6 Å². The number of carboxylic acid groups (broad SMARTS) is 1. The highest BCUT2D eigenvalue weighted by Crippen LogP contribution is 2.45. The van der Waals surface area contributed by atoms with E-state index >= 15 is 4.39 Å². The summed E-state index contributed by atoms with van der Waals surface area (Å²) < 4.78 is 50.8. The van der Waals surface area contributed by atoms with Crippen molar-refractivity contribution in [3.63, 3.8) is 0 Å². The van der Waals surface area contributed by atoms with Gasteiger partial charge in [0, 0.05) is 25.2 Å². The second-order valence-corrected chi connectivity index (χ2v) is 12.9. The van der Waals surface area contributed by atoms with Crippen molar-refractivity contribution in [3.8, 4) is 0 Å². The number of ether oxygens (including phenoxy) is 1. The maximum absolute atomic E-state index is 16.6. The number of allylic oxidation sites excluding steroid dienone is 8. The van der Waals surface area contributed by atoms with Crippen LogP contribution in [-0.2, 0) is 20.2 Å². The van der Waals surface area contributed by atoms with Crippen LogP contribution in [0.4, 0.5) is 13.2 Å². The standard InChI is InChI=1S/C38H50F3NO4/c1-6-17-38(40,41)32-15-9-28(10-16-32)22-31(30-12-13-30)14-11-29(8-3)36(39)35(26(4)7-2)27(5)23-37(18-20-46-21-19-37)24-33(43)42-25-34(44)45/h6-7,9-10,15-17,22,27,30H,2,8,11-14,18-21,23-25H2,1,3-5H3,(H,42,43)(H,44,45)/b17-6+,31-22-,35-26-,36-29-. The van der Waals surface area contributed by atoms with Crippen LogP contribution in [-0.4, -0.2) is 36.7 Å². The van der Waals surface area contributed by atoms with Gasteiger partial charge in [0.2, 0.25) is 5.91 Å². The number of hydrogen-bond acceptors (Lipinski definition) is 3. The first-order chi connectivity index (χ1) is 21.8. The van der Waals surface area contributed by atoms with Gasteiger partial charge < -0.3 is 15.2 Å². The molecule has 5 nitrogen and oxygen atoms in total. The van der Waals surface area contributed by atoms with Gasteiger partial charge >= 0.3 is 5.97 Å². The Morgan fingerprint density at radius 3 is 2.37 bits per heavy atom. The minimum atomic E-state index is -3.02. The molecule has 1 saturated heterocycles. The smallest absolute Gasteiger partial charge is 0.322 e. The van der Waals surface area contributed by atoms with Gasteiger partial charge in [0.25, 0.3) is 5.92 Å². The third-order valence-corrected chi connectivity index (χ3v) is 9.30. The Morgan fingerprint density at radius 1 is 1.17 bits per heavy atom. The molecule has 0 radical (unpaired) electrons. The van der Waals surface area contributed by atoms with Crippen LogP contribution in [0.15, 0.2) is 77.2 Å². The topological polar surface area (TPSA) is 75.6 Å². The third kappa shape index (κ3) is 10.6. The average molecular weight is 642 g/mol. The van der Waals surface area contributed by atoms with Crippen LogP contribution in [0.3, 0.4) is 0 Å². The molecule has 0 bridgehead atoms. The maximum atomic E-state index is 16.6. The third-order valence-electron chi connectivity index (χ3n) is 9.30. The van der Waals surface area contributed by atoms with Gasteiger partial charge in [-0.2, -0.15) is 8.78 Å². The molecule has 2 N–H and O–H groups in total. The molecule has 1 aromatic carbocycles. The maximum Gasteiger partial charge on any atom is 0.322 e. The van der Waals surface area contributed by atoms with Gasteiger partial charge in [-0.05, 0) is 111 Å². The van der Waals surface area contributed by atoms with Crippen LogP contribution in [0.5, 0.6) is 0 Å². The number of benzene rings is 1. The summed E-state index contributed by atoms with van der Waals surface area (Å²) in [5, 5.41) is 11.5. The molecule has 1 aromatic rings. The van der Waals surface area contributed by atoms with E-state index in [1.54, 1.807) is 25.1 Å². The van der Waals surface area contributed by atoms with Crippen molar-refractivity contribution in [1.82, 2.24) is 5.32 Å². The van der Waals surface area contributed by atoms with Gasteiger partial charge in [-0.15, -0.1) is 0 Å². The minimum Gasteiger partial charge on any atom is -0.480 e. The fraction of sp³-hybridized carbons (Fsp3) is 0.526. The van der Waals surface area contributed by atoms with E-state index in [9.17, 15) is 18.4 Å². The number of aliphatic carboxylic acids is 1. The zero-order chi connectivity index (χ0) is 33.9. The molecule has 1 atom stereocenters. The zero-order valence-corrected chi connectivity index (χ0v) is 27.8. The Labute approximate surface area is 272 Å². The Hall–Kier alpha value is -3.39. The minimum absolute atomic E-state index is 0.0524. The number of rotatable bonds is 17. The van der Waals surface area contributed by atoms with Crippen molar-refractivity contribution in [2.75, 3.05) is 19.8 Å². The highest BCUT2D eigenvalue weighted by atomic mass is 19.3. The number of nitrogens with one attached hydrogen (secondary N) is 1. The Morgan fingerprint density at radius 2 is 1.83 bits per heavy atom. The molecule has 0 aromatic heterocycles. The molecule has 1 heterocycles. The largest absolute Gasteiger partial charge is 0.480 e. The molecule has 0 spiro atoms. The Kier molecular flexibility index (Phi) is 13.7. The van der Waals surface area contributed by atoms with E-state index in [1.165, 1.54) is 23.8 Å². The summed E-state index contributed by atoms with van der Waals surface area (Å²) >= 11 is 0. The first kappa shape index (κ1) is 37.1. The summed E-state index contributed by atoms with van der Waals surface area (Å²) in [6, 6.07) is 6.36. The molecule has 2 aliphatic rings. The summed E-state index contributed by atoms with van der Waals surface area (Å²) in [6.45, 7) is 11.9. The van der Waals surface area contributed by atoms with Gasteiger partial charge in [0.1, 0.15) is 12.4 Å². The second-order valence-electron chi connectivity index (χ2n) is 12.9. The van der Waals surface area contributed by atoms with Crippen molar-refractivity contribution in [1.29, 1.82) is 0 Å². The SMILES string of the molecule is C=C/C(C)=C(\C(F)=C(/CC)CC/C(=C/c1ccc(C(F)(F)/C=C/C)cc1)C1CC1)C(C)CC1(CC(=O)NCC(=O)O)CCOCC1. The zero-order valence-electron chi connectivity index (χ0n) is 27.8. The number of amides is 1. The molecule has 1 unspecified atom stereocenters. The van der Waals surface area contributed by atoms with Crippen LogP contribution in [0.1, 0.15) is 96.6 Å². The van der Waals surface area contributed by atoms with Crippen molar-refractivity contribution < 1.29 is 32.6 Å². The van der Waals surface area contributed by atoms with Gasteiger partial charge in [-0.1, -0.05) is 68.5 Å². The summed E-state index contributed by atoms with van der Waals surface area (Å²) in [5.74, 6) is -4.46. The molecule has 252 valence electrons. The molecule has 1 saturated carbocycles. The monoisotopic (exact) mass is 641 g/mol.